The molecule has 3 heterocycles. The zero-order chi connectivity index (χ0) is 21.0. The van der Waals surface area contributed by atoms with E-state index in [4.69, 9.17) is 0 Å². The van der Waals surface area contributed by atoms with Crippen molar-refractivity contribution >= 4 is 34.2 Å². The van der Waals surface area contributed by atoms with Gasteiger partial charge in [-0.05, 0) is 81.0 Å². The summed E-state index contributed by atoms with van der Waals surface area (Å²) in [4.78, 5) is 11.7. The molecular formula is C28H32ClN3. The maximum Gasteiger partial charge on any atom is 0.0704 e. The fraction of sp³-hybridized carbons (Fsp3) is 0.357. The Labute approximate surface area is 197 Å². The van der Waals surface area contributed by atoms with Gasteiger partial charge in [-0.1, -0.05) is 42.8 Å². The molecule has 2 aromatic carbocycles. The van der Waals surface area contributed by atoms with Gasteiger partial charge in [0.15, 0.2) is 0 Å². The summed E-state index contributed by atoms with van der Waals surface area (Å²) in [6.07, 6.45) is 12.6. The fourth-order valence-electron chi connectivity index (χ4n) is 5.38. The Kier molecular flexibility index (Phi) is 7.39. The Hall–Kier alpha value is -2.49. The van der Waals surface area contributed by atoms with Crippen molar-refractivity contribution in [2.24, 2.45) is 0 Å². The molecule has 0 bridgehead atoms. The third kappa shape index (κ3) is 4.79. The Morgan fingerprint density at radius 1 is 0.719 bits per heavy atom. The monoisotopic (exact) mass is 445 g/mol. The first-order chi connectivity index (χ1) is 15.3. The Morgan fingerprint density at radius 2 is 1.19 bits per heavy atom. The molecule has 2 aromatic heterocycles. The summed E-state index contributed by atoms with van der Waals surface area (Å²) in [5.74, 6) is 0. The molecule has 0 amide bonds. The van der Waals surface area contributed by atoms with Gasteiger partial charge in [0.2, 0.25) is 0 Å². The molecule has 32 heavy (non-hydrogen) atoms. The standard InChI is InChI=1S/C28H31N3.ClH/c1-31-23(15-13-21-17-19-29-27-11-4-2-9-25(21)27)7-6-8-24(31)16-14-22-18-20-30-28-12-5-3-10-26(22)28;/h2-5,9-12,17-20,23-24H,6-8,13-16H2,1H3;1H/t23-,24+;. The van der Waals surface area contributed by atoms with Crippen LogP contribution < -0.4 is 0 Å². The van der Waals surface area contributed by atoms with Crippen molar-refractivity contribution in [3.05, 3.63) is 84.2 Å². The maximum atomic E-state index is 4.52. The van der Waals surface area contributed by atoms with E-state index in [-0.39, 0.29) is 12.4 Å². The van der Waals surface area contributed by atoms with E-state index in [1.807, 2.05) is 12.4 Å². The molecule has 1 fully saturated rings. The molecule has 1 saturated heterocycles. The number of piperidine rings is 1. The third-order valence-corrected chi connectivity index (χ3v) is 7.20. The normalized spacial score (nSPS) is 19.2. The summed E-state index contributed by atoms with van der Waals surface area (Å²) in [5.41, 5.74) is 5.09. The fourth-order valence-corrected chi connectivity index (χ4v) is 5.38. The van der Waals surface area contributed by atoms with Crippen LogP contribution in [-0.4, -0.2) is 34.0 Å². The van der Waals surface area contributed by atoms with Crippen molar-refractivity contribution in [3.63, 3.8) is 0 Å². The lowest BCUT2D eigenvalue weighted by Gasteiger charge is -2.40. The van der Waals surface area contributed by atoms with Crippen molar-refractivity contribution < 1.29 is 0 Å². The van der Waals surface area contributed by atoms with Crippen LogP contribution in [0, 0.1) is 0 Å². The van der Waals surface area contributed by atoms with Crippen LogP contribution in [0.3, 0.4) is 0 Å². The van der Waals surface area contributed by atoms with Crippen molar-refractivity contribution in [1.82, 2.24) is 14.9 Å². The molecule has 0 N–H and O–H groups in total. The van der Waals surface area contributed by atoms with E-state index in [2.05, 4.69) is 82.6 Å². The van der Waals surface area contributed by atoms with Crippen molar-refractivity contribution in [3.8, 4) is 0 Å². The van der Waals surface area contributed by atoms with E-state index >= 15 is 0 Å². The topological polar surface area (TPSA) is 29.0 Å². The van der Waals surface area contributed by atoms with Crippen LogP contribution >= 0.6 is 12.4 Å². The lowest BCUT2D eigenvalue weighted by atomic mass is 9.89. The molecule has 166 valence electrons. The van der Waals surface area contributed by atoms with Gasteiger partial charge in [0.25, 0.3) is 0 Å². The first-order valence-electron chi connectivity index (χ1n) is 11.7. The molecule has 0 spiro atoms. The van der Waals surface area contributed by atoms with Crippen LogP contribution in [0.1, 0.15) is 43.2 Å². The second-order valence-corrected chi connectivity index (χ2v) is 8.96. The molecule has 0 aliphatic carbocycles. The van der Waals surface area contributed by atoms with Gasteiger partial charge in [-0.2, -0.15) is 0 Å². The number of fused-ring (bicyclic) bond motifs is 2. The van der Waals surface area contributed by atoms with Crippen LogP contribution in [0.4, 0.5) is 0 Å². The summed E-state index contributed by atoms with van der Waals surface area (Å²) in [7, 11) is 2.35. The number of likely N-dealkylation sites (tertiary alicyclic amines) is 1. The summed E-state index contributed by atoms with van der Waals surface area (Å²) in [6.45, 7) is 0. The third-order valence-electron chi connectivity index (χ3n) is 7.20. The Bertz CT molecular complexity index is 1070. The van der Waals surface area contributed by atoms with Crippen LogP contribution in [0.15, 0.2) is 73.1 Å². The quantitative estimate of drug-likeness (QED) is 0.333. The first kappa shape index (κ1) is 22.7. The smallest absolute Gasteiger partial charge is 0.0704 e. The predicted octanol–water partition coefficient (Wildman–Crippen LogP) is 6.62. The molecule has 5 rings (SSSR count). The van der Waals surface area contributed by atoms with Crippen molar-refractivity contribution in [2.75, 3.05) is 7.05 Å². The lowest BCUT2D eigenvalue weighted by molar-refractivity contribution is 0.103. The molecular weight excluding hydrogens is 414 g/mol. The van der Waals surface area contributed by atoms with E-state index in [1.165, 1.54) is 54.0 Å². The molecule has 4 heteroatoms. The molecule has 0 saturated carbocycles. The highest BCUT2D eigenvalue weighted by Gasteiger charge is 2.27. The summed E-state index contributed by atoms with van der Waals surface area (Å²) < 4.78 is 0. The maximum absolute atomic E-state index is 4.52. The van der Waals surface area contributed by atoms with Gasteiger partial charge >= 0.3 is 0 Å². The average molecular weight is 446 g/mol. The molecule has 3 nitrogen and oxygen atoms in total. The Morgan fingerprint density at radius 3 is 1.69 bits per heavy atom. The first-order valence-corrected chi connectivity index (χ1v) is 11.7. The lowest BCUT2D eigenvalue weighted by Crippen LogP contribution is -2.44. The number of hydrogen-bond acceptors (Lipinski definition) is 3. The largest absolute Gasteiger partial charge is 0.300 e. The molecule has 2 atom stereocenters. The minimum Gasteiger partial charge on any atom is -0.300 e. The Balaban J connectivity index is 0.00000245. The molecule has 0 unspecified atom stereocenters. The summed E-state index contributed by atoms with van der Waals surface area (Å²) >= 11 is 0. The minimum absolute atomic E-state index is 0. The van der Waals surface area contributed by atoms with Gasteiger partial charge < -0.3 is 4.90 Å². The number of benzene rings is 2. The predicted molar refractivity (Wildman–Crippen MR) is 137 cm³/mol. The van der Waals surface area contributed by atoms with Crippen molar-refractivity contribution in [2.45, 2.75) is 57.0 Å². The molecule has 4 aromatic rings. The second-order valence-electron chi connectivity index (χ2n) is 8.96. The van der Waals surface area contributed by atoms with Gasteiger partial charge in [-0.15, -0.1) is 12.4 Å². The SMILES string of the molecule is CN1[C@@H](CCc2ccnc3ccccc23)CCC[C@H]1CCc1ccnc2ccccc12.Cl. The zero-order valence-corrected chi connectivity index (χ0v) is 19.6. The van der Waals surface area contributed by atoms with E-state index in [0.717, 1.165) is 23.9 Å². The van der Waals surface area contributed by atoms with E-state index in [0.29, 0.717) is 12.1 Å². The number of aryl methyl sites for hydroxylation is 2. The van der Waals surface area contributed by atoms with Gasteiger partial charge in [0.05, 0.1) is 11.0 Å². The average Bonchev–Trinajstić information content (AvgIpc) is 2.82. The van der Waals surface area contributed by atoms with Gasteiger partial charge in [0, 0.05) is 35.2 Å². The van der Waals surface area contributed by atoms with Crippen LogP contribution in [-0.2, 0) is 12.8 Å². The van der Waals surface area contributed by atoms with Crippen LogP contribution in [0.5, 0.6) is 0 Å². The van der Waals surface area contributed by atoms with Gasteiger partial charge in [0.1, 0.15) is 0 Å². The molecule has 1 aliphatic rings. The number of aromatic nitrogens is 2. The minimum atomic E-state index is 0. The number of nitrogens with zero attached hydrogens (tertiary/aromatic N) is 3. The highest BCUT2D eigenvalue weighted by Crippen LogP contribution is 2.29. The zero-order valence-electron chi connectivity index (χ0n) is 18.8. The second kappa shape index (κ2) is 10.4. The highest BCUT2D eigenvalue weighted by atomic mass is 35.5. The molecule has 1 aliphatic heterocycles. The molecule has 0 radical (unpaired) electrons. The van der Waals surface area contributed by atoms with E-state index in [9.17, 15) is 0 Å². The van der Waals surface area contributed by atoms with Gasteiger partial charge in [-0.3, -0.25) is 9.97 Å². The summed E-state index contributed by atoms with van der Waals surface area (Å²) in [5, 5.41) is 2.62. The van der Waals surface area contributed by atoms with Crippen molar-refractivity contribution in [1.29, 1.82) is 0 Å². The van der Waals surface area contributed by atoms with Crippen LogP contribution in [0.25, 0.3) is 21.8 Å². The number of hydrogen-bond donors (Lipinski definition) is 0. The number of pyridine rings is 2. The van der Waals surface area contributed by atoms with E-state index in [1.54, 1.807) is 0 Å². The van der Waals surface area contributed by atoms with E-state index < -0.39 is 0 Å². The number of halogens is 1. The number of rotatable bonds is 6. The summed E-state index contributed by atoms with van der Waals surface area (Å²) in [6, 6.07) is 22.8. The number of para-hydroxylation sites is 2. The van der Waals surface area contributed by atoms with Crippen LogP contribution in [0.2, 0.25) is 0 Å². The van der Waals surface area contributed by atoms with Gasteiger partial charge in [-0.25, -0.2) is 0 Å². The highest BCUT2D eigenvalue weighted by molar-refractivity contribution is 5.85.